The van der Waals surface area contributed by atoms with E-state index in [1.54, 1.807) is 4.90 Å². The Balaban J connectivity index is 0.000000433. The quantitative estimate of drug-likeness (QED) is 0.629. The molecule has 0 bridgehead atoms. The van der Waals surface area contributed by atoms with E-state index in [-0.39, 0.29) is 13.1 Å². The van der Waals surface area contributed by atoms with Gasteiger partial charge in [-0.1, -0.05) is 30.3 Å². The van der Waals surface area contributed by atoms with Gasteiger partial charge in [-0.25, -0.2) is 9.37 Å². The first-order valence-corrected chi connectivity index (χ1v) is 11.8. The summed E-state index contributed by atoms with van der Waals surface area (Å²) in [5.74, 6) is 1.71. The highest BCUT2D eigenvalue weighted by Crippen LogP contribution is 2.39. The van der Waals surface area contributed by atoms with Gasteiger partial charge in [-0.05, 0) is 18.4 Å². The second-order valence-corrected chi connectivity index (χ2v) is 9.00. The highest BCUT2D eigenvalue weighted by molar-refractivity contribution is 7.99. The zero-order valence-corrected chi connectivity index (χ0v) is 18.6. The fourth-order valence-corrected chi connectivity index (χ4v) is 4.70. The lowest BCUT2D eigenvalue weighted by atomic mass is 9.96. The fourth-order valence-electron chi connectivity index (χ4n) is 3.67. The fraction of sp³-hybridized carbons (Fsp3) is 0.458. The van der Waals surface area contributed by atoms with Gasteiger partial charge in [0.05, 0.1) is 31.9 Å². The molecule has 3 aliphatic rings. The number of alkyl halides is 1. The van der Waals surface area contributed by atoms with Crippen LogP contribution in [0.4, 0.5) is 10.2 Å². The predicted molar refractivity (Wildman–Crippen MR) is 121 cm³/mol. The second kappa shape index (κ2) is 10.8. The third-order valence-corrected chi connectivity index (χ3v) is 6.76. The van der Waals surface area contributed by atoms with Gasteiger partial charge in [0.15, 0.2) is 0 Å². The number of hydrogen-bond acceptors (Lipinski definition) is 7. The van der Waals surface area contributed by atoms with Gasteiger partial charge in [0.25, 0.3) is 0 Å². The van der Waals surface area contributed by atoms with E-state index in [0.29, 0.717) is 33.5 Å². The molecule has 6 nitrogen and oxygen atoms in total. The molecule has 3 saturated heterocycles. The third-order valence-electron chi connectivity index (χ3n) is 5.56. The minimum absolute atomic E-state index is 0.225. The number of nitriles is 2. The topological polar surface area (TPSA) is 82.2 Å². The summed E-state index contributed by atoms with van der Waals surface area (Å²) in [5.41, 5.74) is 2.12. The molecule has 4 heterocycles. The summed E-state index contributed by atoms with van der Waals surface area (Å²) in [7, 11) is 0. The average Bonchev–Trinajstić information content (AvgIpc) is 3.36. The number of hydrogen-bond donors (Lipinski definition) is 0. The summed E-state index contributed by atoms with van der Waals surface area (Å²) in [4.78, 5) is 6.39. The standard InChI is InChI=1S/C20H17FN4OS.C4H8O/c21-15-8-25(9-15)19-16(6-22)18(14-4-2-1-3-5-14)17(7-23)20(24-19)27-12-13-10-26-11-13;1-2-4-5-3-1/h1-5,13,15H,8-12H2;1-4H2. The van der Waals surface area contributed by atoms with Gasteiger partial charge in [0, 0.05) is 30.4 Å². The van der Waals surface area contributed by atoms with Crippen molar-refractivity contribution in [3.05, 3.63) is 41.5 Å². The first-order chi connectivity index (χ1) is 15.7. The van der Waals surface area contributed by atoms with Crippen LogP contribution in [0.3, 0.4) is 0 Å². The lowest BCUT2D eigenvalue weighted by Gasteiger charge is -2.36. The molecule has 3 aliphatic heterocycles. The number of benzene rings is 1. The van der Waals surface area contributed by atoms with Crippen molar-refractivity contribution < 1.29 is 13.9 Å². The molecule has 0 aliphatic carbocycles. The highest BCUT2D eigenvalue weighted by atomic mass is 32.2. The average molecular weight is 453 g/mol. The van der Waals surface area contributed by atoms with Crippen molar-refractivity contribution in [3.8, 4) is 23.3 Å². The maximum absolute atomic E-state index is 13.4. The van der Waals surface area contributed by atoms with Crippen LogP contribution in [0.5, 0.6) is 0 Å². The normalized spacial score (nSPS) is 18.0. The minimum atomic E-state index is -0.905. The van der Waals surface area contributed by atoms with E-state index in [9.17, 15) is 14.9 Å². The third kappa shape index (κ3) is 5.05. The van der Waals surface area contributed by atoms with E-state index in [0.717, 1.165) is 37.7 Å². The Morgan fingerprint density at radius 3 is 2.22 bits per heavy atom. The first kappa shape index (κ1) is 22.5. The van der Waals surface area contributed by atoms with E-state index in [1.807, 2.05) is 30.3 Å². The Labute approximate surface area is 192 Å². The van der Waals surface area contributed by atoms with Crippen molar-refractivity contribution in [1.82, 2.24) is 4.98 Å². The summed E-state index contributed by atoms with van der Waals surface area (Å²) in [6.45, 7) is 3.89. The lowest BCUT2D eigenvalue weighted by molar-refractivity contribution is -0.0196. The molecule has 2 aromatic rings. The van der Waals surface area contributed by atoms with Gasteiger partial charge in [0.1, 0.15) is 34.7 Å². The number of thioether (sulfide) groups is 1. The van der Waals surface area contributed by atoms with Gasteiger partial charge < -0.3 is 14.4 Å². The molecule has 166 valence electrons. The van der Waals surface area contributed by atoms with Gasteiger partial charge in [-0.3, -0.25) is 0 Å². The molecular formula is C24H25FN4O2S. The molecule has 3 fully saturated rings. The zero-order valence-electron chi connectivity index (χ0n) is 17.8. The molecule has 0 N–H and O–H groups in total. The van der Waals surface area contributed by atoms with Crippen LogP contribution in [0.1, 0.15) is 24.0 Å². The van der Waals surface area contributed by atoms with Crippen LogP contribution < -0.4 is 4.90 Å². The summed E-state index contributed by atoms with van der Waals surface area (Å²) < 4.78 is 23.6. The van der Waals surface area contributed by atoms with Crippen LogP contribution in [0.2, 0.25) is 0 Å². The Morgan fingerprint density at radius 2 is 1.72 bits per heavy atom. The summed E-state index contributed by atoms with van der Waals surface area (Å²) in [5, 5.41) is 20.3. The van der Waals surface area contributed by atoms with E-state index in [1.165, 1.54) is 24.6 Å². The monoisotopic (exact) mass is 452 g/mol. The van der Waals surface area contributed by atoms with Gasteiger partial charge in [-0.2, -0.15) is 10.5 Å². The first-order valence-electron chi connectivity index (χ1n) is 10.8. The Bertz CT molecular complexity index is 1000. The van der Waals surface area contributed by atoms with E-state index < -0.39 is 6.17 Å². The van der Waals surface area contributed by atoms with Gasteiger partial charge in [-0.15, -0.1) is 11.8 Å². The van der Waals surface area contributed by atoms with Crippen molar-refractivity contribution in [2.45, 2.75) is 24.0 Å². The molecule has 0 amide bonds. The molecule has 0 saturated carbocycles. The highest BCUT2D eigenvalue weighted by Gasteiger charge is 2.32. The summed E-state index contributed by atoms with van der Waals surface area (Å²) in [6.07, 6.45) is 1.65. The van der Waals surface area contributed by atoms with Gasteiger partial charge >= 0.3 is 0 Å². The number of nitrogens with zero attached hydrogens (tertiary/aromatic N) is 4. The molecule has 5 rings (SSSR count). The van der Waals surface area contributed by atoms with Crippen LogP contribution in [0.15, 0.2) is 35.4 Å². The Kier molecular flexibility index (Phi) is 7.59. The maximum atomic E-state index is 13.4. The van der Waals surface area contributed by atoms with Crippen molar-refractivity contribution in [3.63, 3.8) is 0 Å². The maximum Gasteiger partial charge on any atom is 0.148 e. The predicted octanol–water partition coefficient (Wildman–Crippen LogP) is 4.19. The van der Waals surface area contributed by atoms with E-state index in [2.05, 4.69) is 17.1 Å². The molecule has 0 radical (unpaired) electrons. The summed E-state index contributed by atoms with van der Waals surface area (Å²) >= 11 is 1.51. The summed E-state index contributed by atoms with van der Waals surface area (Å²) in [6, 6.07) is 13.8. The van der Waals surface area contributed by atoms with Crippen LogP contribution in [-0.4, -0.2) is 56.4 Å². The molecule has 0 spiro atoms. The molecule has 8 heteroatoms. The van der Waals surface area contributed by atoms with E-state index in [4.69, 9.17) is 9.47 Å². The molecule has 1 aromatic carbocycles. The Hall–Kier alpha value is -2.65. The van der Waals surface area contributed by atoms with Crippen LogP contribution in [0, 0.1) is 28.6 Å². The van der Waals surface area contributed by atoms with E-state index >= 15 is 0 Å². The number of halogens is 1. The molecule has 32 heavy (non-hydrogen) atoms. The number of anilines is 1. The van der Waals surface area contributed by atoms with Crippen LogP contribution >= 0.6 is 11.8 Å². The van der Waals surface area contributed by atoms with Crippen LogP contribution in [0.25, 0.3) is 11.1 Å². The molecule has 1 aromatic heterocycles. The Morgan fingerprint density at radius 1 is 1.03 bits per heavy atom. The molecule has 0 unspecified atom stereocenters. The molecule has 0 atom stereocenters. The number of rotatable bonds is 5. The van der Waals surface area contributed by atoms with Crippen LogP contribution in [-0.2, 0) is 9.47 Å². The zero-order chi connectivity index (χ0) is 22.3. The SMILES string of the molecule is C1CCOC1.N#Cc1c(SCC2COC2)nc(N2CC(F)C2)c(C#N)c1-c1ccccc1. The second-order valence-electron chi connectivity index (χ2n) is 7.99. The van der Waals surface area contributed by atoms with Crippen molar-refractivity contribution >= 4 is 17.6 Å². The van der Waals surface area contributed by atoms with Crippen molar-refractivity contribution in [2.75, 3.05) is 50.2 Å². The smallest absolute Gasteiger partial charge is 0.148 e. The minimum Gasteiger partial charge on any atom is -0.381 e. The number of aromatic nitrogens is 1. The van der Waals surface area contributed by atoms with Crippen molar-refractivity contribution in [2.24, 2.45) is 5.92 Å². The number of ether oxygens (including phenoxy) is 2. The molecular weight excluding hydrogens is 427 g/mol. The van der Waals surface area contributed by atoms with Gasteiger partial charge in [0.2, 0.25) is 0 Å². The lowest BCUT2D eigenvalue weighted by Crippen LogP contribution is -2.49. The largest absolute Gasteiger partial charge is 0.381 e. The van der Waals surface area contributed by atoms with Crippen molar-refractivity contribution in [1.29, 1.82) is 10.5 Å². The number of pyridine rings is 1.